The molecule has 0 fully saturated rings. The monoisotopic (exact) mass is 400 g/mol. The maximum absolute atomic E-state index is 12.7. The smallest absolute Gasteiger partial charge is 0.261 e. The molecule has 1 heterocycles. The van der Waals surface area contributed by atoms with Crippen molar-refractivity contribution in [3.05, 3.63) is 47.7 Å². The van der Waals surface area contributed by atoms with Crippen molar-refractivity contribution in [3.63, 3.8) is 0 Å². The minimum Gasteiger partial charge on any atom is -0.491 e. The van der Waals surface area contributed by atoms with Crippen LogP contribution in [-0.2, 0) is 10.0 Å². The van der Waals surface area contributed by atoms with Crippen LogP contribution in [0, 0.1) is 18.3 Å². The summed E-state index contributed by atoms with van der Waals surface area (Å²) in [6.07, 6.45) is 0. The van der Waals surface area contributed by atoms with Gasteiger partial charge in [0.05, 0.1) is 21.7 Å². The van der Waals surface area contributed by atoms with Gasteiger partial charge in [0.1, 0.15) is 18.4 Å². The minimum atomic E-state index is -3.86. The molecule has 0 spiro atoms. The van der Waals surface area contributed by atoms with Crippen LogP contribution in [0.25, 0.3) is 10.9 Å². The Labute approximate surface area is 162 Å². The van der Waals surface area contributed by atoms with Gasteiger partial charge in [-0.1, -0.05) is 6.07 Å². The number of benzene rings is 2. The molecule has 1 aromatic heterocycles. The van der Waals surface area contributed by atoms with Gasteiger partial charge in [-0.3, -0.25) is 9.82 Å². The zero-order chi connectivity index (χ0) is 20.5. The zero-order valence-corrected chi connectivity index (χ0v) is 16.5. The molecule has 28 heavy (non-hydrogen) atoms. The highest BCUT2D eigenvalue weighted by Gasteiger charge is 2.19. The van der Waals surface area contributed by atoms with Crippen molar-refractivity contribution in [2.75, 3.05) is 11.3 Å². The Kier molecular flexibility index (Phi) is 5.02. The highest BCUT2D eigenvalue weighted by atomic mass is 32.2. The average molecular weight is 400 g/mol. The zero-order valence-electron chi connectivity index (χ0n) is 15.6. The van der Waals surface area contributed by atoms with E-state index in [1.165, 1.54) is 24.3 Å². The highest BCUT2D eigenvalue weighted by Crippen LogP contribution is 2.29. The third-order valence-electron chi connectivity index (χ3n) is 4.01. The summed E-state index contributed by atoms with van der Waals surface area (Å²) in [7, 11) is -3.86. The summed E-state index contributed by atoms with van der Waals surface area (Å²) in [5.74, 6) is 0.450. The van der Waals surface area contributed by atoms with Crippen LogP contribution in [0.4, 0.5) is 5.69 Å². The van der Waals surface area contributed by atoms with Gasteiger partial charge in [-0.05, 0) is 56.7 Å². The third kappa shape index (κ3) is 4.08. The average Bonchev–Trinajstić information content (AvgIpc) is 3.07. The third-order valence-corrected chi connectivity index (χ3v) is 5.39. The number of nitrogens with zero attached hydrogens (tertiary/aromatic N) is 2. The van der Waals surface area contributed by atoms with E-state index in [2.05, 4.69) is 14.9 Å². The van der Waals surface area contributed by atoms with Crippen LogP contribution in [0.15, 0.2) is 41.3 Å². The molecule has 2 aromatic carbocycles. The van der Waals surface area contributed by atoms with E-state index in [0.717, 1.165) is 5.56 Å². The van der Waals surface area contributed by atoms with E-state index in [9.17, 15) is 18.8 Å². The molecule has 0 aliphatic heterocycles. The van der Waals surface area contributed by atoms with E-state index in [1.807, 2.05) is 13.0 Å². The topological polar surface area (TPSA) is 128 Å². The molecule has 0 unspecified atom stereocenters. The highest BCUT2D eigenvalue weighted by molar-refractivity contribution is 7.92. The molecule has 9 heteroatoms. The van der Waals surface area contributed by atoms with Crippen LogP contribution in [0.3, 0.4) is 0 Å². The van der Waals surface area contributed by atoms with Crippen molar-refractivity contribution in [1.29, 1.82) is 5.26 Å². The Morgan fingerprint density at radius 3 is 2.54 bits per heavy atom. The number of anilines is 1. The Balaban J connectivity index is 1.87. The standard InChI is InChI=1S/C19H20N4O4S/c1-12-4-9-15(18-17(12)16(10-20)21-22-18)23-28(25,26)14-7-5-13(6-8-14)27-11-19(2,3)24/h4-9,23-24H,11H2,1-3H3,(H,21,22). The lowest BCUT2D eigenvalue weighted by Crippen LogP contribution is -2.27. The van der Waals surface area contributed by atoms with Crippen LogP contribution in [-0.4, -0.2) is 35.9 Å². The molecule has 0 saturated carbocycles. The number of hydrogen-bond donors (Lipinski definition) is 3. The van der Waals surface area contributed by atoms with Crippen LogP contribution in [0.5, 0.6) is 5.75 Å². The number of H-pyrrole nitrogens is 1. The number of ether oxygens (including phenoxy) is 1. The summed E-state index contributed by atoms with van der Waals surface area (Å²) in [5, 5.41) is 26.1. The number of aryl methyl sites for hydroxylation is 1. The summed E-state index contributed by atoms with van der Waals surface area (Å²) in [6.45, 7) is 5.14. The van der Waals surface area contributed by atoms with Gasteiger partial charge in [0.15, 0.2) is 5.69 Å². The van der Waals surface area contributed by atoms with Crippen LogP contribution in [0.1, 0.15) is 25.1 Å². The first-order valence-electron chi connectivity index (χ1n) is 8.46. The normalized spacial score (nSPS) is 12.0. The molecule has 8 nitrogen and oxygen atoms in total. The van der Waals surface area contributed by atoms with Gasteiger partial charge in [0.2, 0.25) is 0 Å². The summed E-state index contributed by atoms with van der Waals surface area (Å²) in [5.41, 5.74) is 0.788. The molecule has 3 rings (SSSR count). The Bertz CT molecular complexity index is 1150. The molecular weight excluding hydrogens is 380 g/mol. The Hall–Kier alpha value is -3.09. The predicted molar refractivity (Wildman–Crippen MR) is 105 cm³/mol. The molecule has 0 aliphatic carbocycles. The van der Waals surface area contributed by atoms with E-state index in [4.69, 9.17) is 4.74 Å². The number of sulfonamides is 1. The molecule has 0 aliphatic rings. The van der Waals surface area contributed by atoms with Gasteiger partial charge in [-0.25, -0.2) is 8.42 Å². The van der Waals surface area contributed by atoms with Gasteiger partial charge in [0, 0.05) is 5.39 Å². The lowest BCUT2D eigenvalue weighted by Gasteiger charge is -2.18. The maximum Gasteiger partial charge on any atom is 0.261 e. The van der Waals surface area contributed by atoms with Crippen molar-refractivity contribution >= 4 is 26.6 Å². The van der Waals surface area contributed by atoms with Gasteiger partial charge in [-0.15, -0.1) is 0 Å². The van der Waals surface area contributed by atoms with E-state index in [0.29, 0.717) is 22.3 Å². The molecule has 146 valence electrons. The second-order valence-corrected chi connectivity index (χ2v) is 8.72. The number of fused-ring (bicyclic) bond motifs is 1. The number of nitrogens with one attached hydrogen (secondary N) is 2. The van der Waals surface area contributed by atoms with E-state index >= 15 is 0 Å². The van der Waals surface area contributed by atoms with E-state index in [1.54, 1.807) is 26.0 Å². The molecule has 0 radical (unpaired) electrons. The number of aliphatic hydroxyl groups is 1. The summed E-state index contributed by atoms with van der Waals surface area (Å²) in [6, 6.07) is 11.2. The molecule has 0 bridgehead atoms. The fourth-order valence-electron chi connectivity index (χ4n) is 2.64. The first-order valence-corrected chi connectivity index (χ1v) is 9.95. The predicted octanol–water partition coefficient (Wildman–Crippen LogP) is 2.69. The largest absolute Gasteiger partial charge is 0.491 e. The first-order chi connectivity index (χ1) is 13.1. The Morgan fingerprint density at radius 1 is 1.25 bits per heavy atom. The van der Waals surface area contributed by atoms with E-state index < -0.39 is 15.6 Å². The number of nitriles is 1. The SMILES string of the molecule is Cc1ccc(NS(=O)(=O)c2ccc(OCC(C)(C)O)cc2)c2[nH]nc(C#N)c12. The maximum atomic E-state index is 12.7. The minimum absolute atomic E-state index is 0.0526. The lowest BCUT2D eigenvalue weighted by molar-refractivity contribution is 0.0284. The quantitative estimate of drug-likeness (QED) is 0.584. The van der Waals surface area contributed by atoms with Gasteiger partial charge >= 0.3 is 0 Å². The summed E-state index contributed by atoms with van der Waals surface area (Å²) in [4.78, 5) is 0.0526. The van der Waals surface area contributed by atoms with E-state index in [-0.39, 0.29) is 17.2 Å². The fourth-order valence-corrected chi connectivity index (χ4v) is 3.71. The van der Waals surface area contributed by atoms with Crippen molar-refractivity contribution in [2.24, 2.45) is 0 Å². The lowest BCUT2D eigenvalue weighted by atomic mass is 10.1. The van der Waals surface area contributed by atoms with Crippen LogP contribution >= 0.6 is 0 Å². The molecule has 3 aromatic rings. The second kappa shape index (κ2) is 7.14. The fraction of sp³-hybridized carbons (Fsp3) is 0.263. The van der Waals surface area contributed by atoms with Crippen LogP contribution in [0.2, 0.25) is 0 Å². The van der Waals surface area contributed by atoms with Gasteiger partial charge in [-0.2, -0.15) is 10.4 Å². The molecule has 0 saturated heterocycles. The molecule has 0 atom stereocenters. The second-order valence-electron chi connectivity index (χ2n) is 7.04. The Morgan fingerprint density at radius 2 is 1.93 bits per heavy atom. The van der Waals surface area contributed by atoms with Crippen molar-refractivity contribution in [3.8, 4) is 11.8 Å². The first kappa shape index (κ1) is 19.7. The van der Waals surface area contributed by atoms with Gasteiger partial charge in [0.25, 0.3) is 10.0 Å². The summed E-state index contributed by atoms with van der Waals surface area (Å²) < 4.78 is 33.4. The number of hydrogen-bond acceptors (Lipinski definition) is 6. The van der Waals surface area contributed by atoms with Crippen LogP contribution < -0.4 is 9.46 Å². The molecular formula is C19H20N4O4S. The number of aromatic amines is 1. The number of aromatic nitrogens is 2. The van der Waals surface area contributed by atoms with Crippen molar-refractivity contribution in [2.45, 2.75) is 31.3 Å². The molecule has 0 amide bonds. The van der Waals surface area contributed by atoms with Crippen molar-refractivity contribution < 1.29 is 18.3 Å². The number of rotatable bonds is 6. The van der Waals surface area contributed by atoms with Crippen molar-refractivity contribution in [1.82, 2.24) is 10.2 Å². The summed E-state index contributed by atoms with van der Waals surface area (Å²) >= 11 is 0. The van der Waals surface area contributed by atoms with Gasteiger partial charge < -0.3 is 9.84 Å². The molecule has 3 N–H and O–H groups in total.